The SMILES string of the molecule is Cc1ccc(Cl)cc1NC(=O)CSc1nnc([C@H](NC(=O)c2ccccc2Cl)C(C)C)n1C. The second-order valence-electron chi connectivity index (χ2n) is 7.87. The molecule has 1 heterocycles. The molecule has 2 aromatic carbocycles. The van der Waals surface area contributed by atoms with E-state index in [1.165, 1.54) is 11.8 Å². The number of anilines is 1. The number of aryl methyl sites for hydroxylation is 1. The molecule has 1 atom stereocenters. The second kappa shape index (κ2) is 11.0. The van der Waals surface area contributed by atoms with E-state index < -0.39 is 0 Å². The number of rotatable bonds is 8. The Morgan fingerprint density at radius 1 is 1.12 bits per heavy atom. The van der Waals surface area contributed by atoms with Crippen molar-refractivity contribution < 1.29 is 9.59 Å². The quantitative estimate of drug-likeness (QED) is 0.406. The molecule has 0 saturated carbocycles. The van der Waals surface area contributed by atoms with Crippen LogP contribution >= 0.6 is 35.0 Å². The van der Waals surface area contributed by atoms with Gasteiger partial charge in [-0.1, -0.05) is 67.0 Å². The van der Waals surface area contributed by atoms with Crippen LogP contribution in [-0.2, 0) is 11.8 Å². The van der Waals surface area contributed by atoms with Gasteiger partial charge in [-0.2, -0.15) is 0 Å². The lowest BCUT2D eigenvalue weighted by Crippen LogP contribution is -2.33. The number of thioether (sulfide) groups is 1. The van der Waals surface area contributed by atoms with E-state index in [1.54, 1.807) is 41.0 Å². The van der Waals surface area contributed by atoms with Crippen molar-refractivity contribution in [2.45, 2.75) is 32.0 Å². The number of carbonyl (C=O) groups excluding carboxylic acids is 2. The fourth-order valence-corrected chi connectivity index (χ4v) is 4.27. The third-order valence-electron chi connectivity index (χ3n) is 5.02. The summed E-state index contributed by atoms with van der Waals surface area (Å²) in [5, 5.41) is 15.9. The molecule has 2 N–H and O–H groups in total. The van der Waals surface area contributed by atoms with Crippen molar-refractivity contribution in [1.29, 1.82) is 0 Å². The molecule has 0 aliphatic heterocycles. The summed E-state index contributed by atoms with van der Waals surface area (Å²) < 4.78 is 1.79. The standard InChI is InChI=1S/C23H25Cl2N5O2S/c1-13(2)20(27-22(32)16-7-5-6-8-17(16)25)21-28-29-23(30(21)4)33-12-19(31)26-18-11-15(24)10-9-14(18)3/h5-11,13,20H,12H2,1-4H3,(H,26,31)(H,27,32)/t20-/m1/s1. The van der Waals surface area contributed by atoms with Gasteiger partial charge in [0, 0.05) is 17.8 Å². The maximum absolute atomic E-state index is 12.8. The molecule has 33 heavy (non-hydrogen) atoms. The van der Waals surface area contributed by atoms with Crippen molar-refractivity contribution in [3.8, 4) is 0 Å². The van der Waals surface area contributed by atoms with Gasteiger partial charge >= 0.3 is 0 Å². The predicted molar refractivity (Wildman–Crippen MR) is 133 cm³/mol. The number of nitrogens with one attached hydrogen (secondary N) is 2. The highest BCUT2D eigenvalue weighted by Gasteiger charge is 2.26. The van der Waals surface area contributed by atoms with Crippen molar-refractivity contribution in [3.05, 3.63) is 69.5 Å². The molecule has 174 valence electrons. The van der Waals surface area contributed by atoms with Gasteiger partial charge in [-0.25, -0.2) is 0 Å². The highest BCUT2D eigenvalue weighted by Crippen LogP contribution is 2.26. The minimum Gasteiger partial charge on any atom is -0.342 e. The molecule has 10 heteroatoms. The van der Waals surface area contributed by atoms with E-state index in [9.17, 15) is 9.59 Å². The molecule has 0 aliphatic rings. The molecule has 0 aliphatic carbocycles. The van der Waals surface area contributed by atoms with Crippen LogP contribution in [0.1, 0.15) is 41.6 Å². The van der Waals surface area contributed by atoms with Crippen LogP contribution in [0.15, 0.2) is 47.6 Å². The van der Waals surface area contributed by atoms with Crippen LogP contribution in [0, 0.1) is 12.8 Å². The minimum atomic E-state index is -0.386. The van der Waals surface area contributed by atoms with E-state index in [0.29, 0.717) is 32.3 Å². The summed E-state index contributed by atoms with van der Waals surface area (Å²) in [5.41, 5.74) is 2.00. The van der Waals surface area contributed by atoms with Gasteiger partial charge in [0.1, 0.15) is 0 Å². The van der Waals surface area contributed by atoms with Crippen LogP contribution in [0.2, 0.25) is 10.0 Å². The molecule has 3 rings (SSSR count). The zero-order valence-electron chi connectivity index (χ0n) is 18.7. The number of hydrogen-bond donors (Lipinski definition) is 2. The Morgan fingerprint density at radius 3 is 2.55 bits per heavy atom. The molecule has 0 fully saturated rings. The largest absolute Gasteiger partial charge is 0.342 e. The average Bonchev–Trinajstić information content (AvgIpc) is 3.13. The Hall–Kier alpha value is -2.55. The normalized spacial score (nSPS) is 12.0. The Bertz CT molecular complexity index is 1170. The lowest BCUT2D eigenvalue weighted by atomic mass is 10.0. The number of amides is 2. The number of carbonyl (C=O) groups is 2. The van der Waals surface area contributed by atoms with E-state index in [1.807, 2.05) is 33.9 Å². The van der Waals surface area contributed by atoms with Crippen molar-refractivity contribution in [2.75, 3.05) is 11.1 Å². The third-order valence-corrected chi connectivity index (χ3v) is 6.61. The van der Waals surface area contributed by atoms with Gasteiger partial charge in [-0.05, 0) is 42.7 Å². The van der Waals surface area contributed by atoms with E-state index in [4.69, 9.17) is 23.2 Å². The lowest BCUT2D eigenvalue weighted by molar-refractivity contribution is -0.113. The van der Waals surface area contributed by atoms with Crippen molar-refractivity contribution in [3.63, 3.8) is 0 Å². The first-order chi connectivity index (χ1) is 15.7. The third kappa shape index (κ3) is 6.28. The minimum absolute atomic E-state index is 0.0475. The zero-order valence-corrected chi connectivity index (χ0v) is 21.1. The van der Waals surface area contributed by atoms with E-state index >= 15 is 0 Å². The number of hydrogen-bond acceptors (Lipinski definition) is 5. The summed E-state index contributed by atoms with van der Waals surface area (Å²) in [6.45, 7) is 5.87. The summed E-state index contributed by atoms with van der Waals surface area (Å²) in [7, 11) is 1.81. The van der Waals surface area contributed by atoms with Gasteiger partial charge in [0.15, 0.2) is 11.0 Å². The molecular formula is C23H25Cl2N5O2S. The molecule has 0 unspecified atom stereocenters. The second-order valence-corrected chi connectivity index (χ2v) is 9.66. The summed E-state index contributed by atoms with van der Waals surface area (Å²) in [4.78, 5) is 25.2. The fraction of sp³-hybridized carbons (Fsp3) is 0.304. The number of benzene rings is 2. The molecule has 0 radical (unpaired) electrons. The topological polar surface area (TPSA) is 88.9 Å². The highest BCUT2D eigenvalue weighted by molar-refractivity contribution is 7.99. The van der Waals surface area contributed by atoms with Gasteiger partial charge in [0.05, 0.1) is 22.4 Å². The number of nitrogens with zero attached hydrogens (tertiary/aromatic N) is 3. The molecule has 3 aromatic rings. The first-order valence-electron chi connectivity index (χ1n) is 10.3. The van der Waals surface area contributed by atoms with E-state index in [2.05, 4.69) is 20.8 Å². The number of aromatic nitrogens is 3. The van der Waals surface area contributed by atoms with Gasteiger partial charge in [0.2, 0.25) is 5.91 Å². The van der Waals surface area contributed by atoms with Crippen molar-refractivity contribution >= 4 is 52.5 Å². The van der Waals surface area contributed by atoms with Crippen LogP contribution < -0.4 is 10.6 Å². The van der Waals surface area contributed by atoms with Crippen molar-refractivity contribution in [2.24, 2.45) is 13.0 Å². The molecule has 0 spiro atoms. The van der Waals surface area contributed by atoms with Crippen molar-refractivity contribution in [1.82, 2.24) is 20.1 Å². The maximum atomic E-state index is 12.8. The summed E-state index contributed by atoms with van der Waals surface area (Å²) in [6, 6.07) is 11.8. The van der Waals surface area contributed by atoms with Crippen LogP contribution in [-0.4, -0.2) is 32.3 Å². The average molecular weight is 506 g/mol. The molecule has 0 bridgehead atoms. The Kier molecular flexibility index (Phi) is 8.40. The Labute approximate surface area is 207 Å². The van der Waals surface area contributed by atoms with Gasteiger partial charge < -0.3 is 15.2 Å². The summed E-state index contributed by atoms with van der Waals surface area (Å²) in [6.07, 6.45) is 0. The smallest absolute Gasteiger partial charge is 0.253 e. The molecule has 2 amide bonds. The van der Waals surface area contributed by atoms with Crippen LogP contribution in [0.25, 0.3) is 0 Å². The Morgan fingerprint density at radius 2 is 1.85 bits per heavy atom. The fourth-order valence-electron chi connectivity index (χ4n) is 3.16. The summed E-state index contributed by atoms with van der Waals surface area (Å²) >= 11 is 13.5. The van der Waals surface area contributed by atoms with Crippen LogP contribution in [0.4, 0.5) is 5.69 Å². The van der Waals surface area contributed by atoms with Gasteiger partial charge in [0.25, 0.3) is 5.91 Å². The zero-order chi connectivity index (χ0) is 24.1. The monoisotopic (exact) mass is 505 g/mol. The molecule has 7 nitrogen and oxygen atoms in total. The van der Waals surface area contributed by atoms with Crippen LogP contribution in [0.5, 0.6) is 0 Å². The Balaban J connectivity index is 1.69. The maximum Gasteiger partial charge on any atom is 0.253 e. The predicted octanol–water partition coefficient (Wildman–Crippen LogP) is 5.29. The lowest BCUT2D eigenvalue weighted by Gasteiger charge is -2.22. The van der Waals surface area contributed by atoms with Crippen LogP contribution in [0.3, 0.4) is 0 Å². The van der Waals surface area contributed by atoms with Gasteiger partial charge in [-0.15, -0.1) is 10.2 Å². The molecule has 0 saturated heterocycles. The molecule has 1 aromatic heterocycles. The summed E-state index contributed by atoms with van der Waals surface area (Å²) in [5.74, 6) is 0.330. The first-order valence-corrected chi connectivity index (χ1v) is 12.0. The molecular weight excluding hydrogens is 481 g/mol. The first kappa shape index (κ1) is 25.1. The number of halogens is 2. The van der Waals surface area contributed by atoms with E-state index in [0.717, 1.165) is 5.56 Å². The highest BCUT2D eigenvalue weighted by atomic mass is 35.5. The van der Waals surface area contributed by atoms with E-state index in [-0.39, 0.29) is 29.5 Å². The van der Waals surface area contributed by atoms with Gasteiger partial charge in [-0.3, -0.25) is 9.59 Å².